The van der Waals surface area contributed by atoms with Crippen LogP contribution in [0.2, 0.25) is 0 Å². The van der Waals surface area contributed by atoms with Crippen LogP contribution in [0, 0.1) is 17.5 Å². The average Bonchev–Trinajstić information content (AvgIpc) is 2.95. The highest BCUT2D eigenvalue weighted by Gasteiger charge is 2.24. The topological polar surface area (TPSA) is 48.2 Å². The summed E-state index contributed by atoms with van der Waals surface area (Å²) < 4.78 is 50.3. The fourth-order valence-electron chi connectivity index (χ4n) is 2.13. The van der Waals surface area contributed by atoms with Gasteiger partial charge >= 0.3 is 0 Å². The standard InChI is InChI=1S/C13H11F3N2O2/c14-9-4-3-8(10(15)11(9)16)13-18-17-12(20-13)7-2-1-5-19-6-7/h3-4,7H,1-2,5-6H2. The van der Waals surface area contributed by atoms with Crippen molar-refractivity contribution < 1.29 is 22.3 Å². The Hall–Kier alpha value is -1.89. The number of rotatable bonds is 2. The van der Waals surface area contributed by atoms with E-state index in [0.29, 0.717) is 19.1 Å². The van der Waals surface area contributed by atoms with Crippen LogP contribution in [0.5, 0.6) is 0 Å². The van der Waals surface area contributed by atoms with Gasteiger partial charge in [-0.15, -0.1) is 10.2 Å². The van der Waals surface area contributed by atoms with Crippen LogP contribution in [0.4, 0.5) is 13.2 Å². The Morgan fingerprint density at radius 3 is 2.70 bits per heavy atom. The summed E-state index contributed by atoms with van der Waals surface area (Å²) in [4.78, 5) is 0. The summed E-state index contributed by atoms with van der Waals surface area (Å²) in [6.07, 6.45) is 1.71. The normalized spacial score (nSPS) is 19.2. The predicted octanol–water partition coefficient (Wildman–Crippen LogP) is 3.05. The first-order valence-corrected chi connectivity index (χ1v) is 6.22. The summed E-state index contributed by atoms with van der Waals surface area (Å²) in [6.45, 7) is 1.15. The van der Waals surface area contributed by atoms with E-state index in [2.05, 4.69) is 10.2 Å². The Labute approximate surface area is 112 Å². The van der Waals surface area contributed by atoms with Gasteiger partial charge in [0.25, 0.3) is 5.89 Å². The second-order valence-corrected chi connectivity index (χ2v) is 4.58. The van der Waals surface area contributed by atoms with E-state index in [4.69, 9.17) is 9.15 Å². The van der Waals surface area contributed by atoms with E-state index >= 15 is 0 Å². The van der Waals surface area contributed by atoms with E-state index in [1.54, 1.807) is 0 Å². The molecule has 0 aliphatic carbocycles. The minimum atomic E-state index is -1.55. The molecule has 1 atom stereocenters. The van der Waals surface area contributed by atoms with Crippen LogP contribution in [-0.4, -0.2) is 23.4 Å². The van der Waals surface area contributed by atoms with E-state index in [1.807, 2.05) is 0 Å². The lowest BCUT2D eigenvalue weighted by Gasteiger charge is -2.18. The van der Waals surface area contributed by atoms with E-state index in [9.17, 15) is 13.2 Å². The van der Waals surface area contributed by atoms with Crippen molar-refractivity contribution in [3.8, 4) is 11.5 Å². The molecule has 0 radical (unpaired) electrons. The zero-order chi connectivity index (χ0) is 14.1. The van der Waals surface area contributed by atoms with Crippen molar-refractivity contribution >= 4 is 0 Å². The Kier molecular flexibility index (Phi) is 3.43. The van der Waals surface area contributed by atoms with Crippen LogP contribution >= 0.6 is 0 Å². The lowest BCUT2D eigenvalue weighted by Crippen LogP contribution is -2.15. The molecule has 0 saturated carbocycles. The summed E-state index contributed by atoms with van der Waals surface area (Å²) in [5.74, 6) is -4.03. The molecule has 20 heavy (non-hydrogen) atoms. The first kappa shape index (κ1) is 13.1. The van der Waals surface area contributed by atoms with Crippen molar-refractivity contribution in [1.29, 1.82) is 0 Å². The Morgan fingerprint density at radius 1 is 1.10 bits per heavy atom. The fraction of sp³-hybridized carbons (Fsp3) is 0.385. The van der Waals surface area contributed by atoms with Crippen molar-refractivity contribution in [2.45, 2.75) is 18.8 Å². The quantitative estimate of drug-likeness (QED) is 0.795. The number of hydrogen-bond acceptors (Lipinski definition) is 4. The Morgan fingerprint density at radius 2 is 1.95 bits per heavy atom. The van der Waals surface area contributed by atoms with Crippen LogP contribution in [0.15, 0.2) is 16.5 Å². The van der Waals surface area contributed by atoms with Crippen LogP contribution in [0.1, 0.15) is 24.7 Å². The molecule has 1 fully saturated rings. The van der Waals surface area contributed by atoms with Gasteiger partial charge in [-0.1, -0.05) is 0 Å². The second kappa shape index (κ2) is 5.24. The van der Waals surface area contributed by atoms with Gasteiger partial charge in [0.2, 0.25) is 5.89 Å². The Bertz CT molecular complexity index is 624. The maximum absolute atomic E-state index is 13.6. The summed E-state index contributed by atoms with van der Waals surface area (Å²) in [6, 6.07) is 1.89. The van der Waals surface area contributed by atoms with Crippen LogP contribution < -0.4 is 0 Å². The molecule has 1 unspecified atom stereocenters. The highest BCUT2D eigenvalue weighted by molar-refractivity contribution is 5.53. The first-order valence-electron chi connectivity index (χ1n) is 6.22. The summed E-state index contributed by atoms with van der Waals surface area (Å²) in [7, 11) is 0. The lowest BCUT2D eigenvalue weighted by molar-refractivity contribution is 0.0727. The smallest absolute Gasteiger partial charge is 0.250 e. The Balaban J connectivity index is 1.92. The molecule has 2 heterocycles. The number of hydrogen-bond donors (Lipinski definition) is 0. The molecule has 0 bridgehead atoms. The monoisotopic (exact) mass is 284 g/mol. The van der Waals surface area contributed by atoms with Crippen molar-refractivity contribution in [2.24, 2.45) is 0 Å². The van der Waals surface area contributed by atoms with Gasteiger partial charge < -0.3 is 9.15 Å². The summed E-state index contributed by atoms with van der Waals surface area (Å²) in [5, 5.41) is 7.52. The van der Waals surface area contributed by atoms with Crippen molar-refractivity contribution in [3.63, 3.8) is 0 Å². The van der Waals surface area contributed by atoms with Gasteiger partial charge in [-0.2, -0.15) is 0 Å². The van der Waals surface area contributed by atoms with E-state index in [1.165, 1.54) is 0 Å². The lowest BCUT2D eigenvalue weighted by atomic mass is 10.0. The second-order valence-electron chi connectivity index (χ2n) is 4.58. The predicted molar refractivity (Wildman–Crippen MR) is 62.4 cm³/mol. The minimum Gasteiger partial charge on any atom is -0.420 e. The molecule has 7 heteroatoms. The van der Waals surface area contributed by atoms with Crippen LogP contribution in [0.3, 0.4) is 0 Å². The number of ether oxygens (including phenoxy) is 1. The minimum absolute atomic E-state index is 0.0432. The van der Waals surface area contributed by atoms with Crippen molar-refractivity contribution in [2.75, 3.05) is 13.2 Å². The number of aromatic nitrogens is 2. The third-order valence-corrected chi connectivity index (χ3v) is 3.22. The molecule has 0 N–H and O–H groups in total. The summed E-state index contributed by atoms with van der Waals surface area (Å²) in [5.41, 5.74) is -0.251. The number of halogens is 3. The molecule has 1 saturated heterocycles. The highest BCUT2D eigenvalue weighted by atomic mass is 19.2. The largest absolute Gasteiger partial charge is 0.420 e. The third kappa shape index (κ3) is 2.29. The van der Waals surface area contributed by atoms with Gasteiger partial charge in [-0.25, -0.2) is 13.2 Å². The molecule has 1 aliphatic rings. The van der Waals surface area contributed by atoms with E-state index in [-0.39, 0.29) is 17.4 Å². The number of nitrogens with zero attached hydrogens (tertiary/aromatic N) is 2. The van der Waals surface area contributed by atoms with E-state index in [0.717, 1.165) is 25.0 Å². The molecular weight excluding hydrogens is 273 g/mol. The zero-order valence-electron chi connectivity index (χ0n) is 10.4. The molecule has 0 spiro atoms. The molecule has 3 rings (SSSR count). The van der Waals surface area contributed by atoms with Gasteiger partial charge in [0.05, 0.1) is 18.1 Å². The van der Waals surface area contributed by atoms with Gasteiger partial charge in [0.1, 0.15) is 0 Å². The maximum atomic E-state index is 13.6. The molecule has 106 valence electrons. The molecular formula is C13H11F3N2O2. The first-order chi connectivity index (χ1) is 9.66. The number of benzene rings is 1. The molecule has 1 aromatic heterocycles. The van der Waals surface area contributed by atoms with Crippen LogP contribution in [-0.2, 0) is 4.74 Å². The molecule has 1 aromatic carbocycles. The molecule has 2 aromatic rings. The molecule has 4 nitrogen and oxygen atoms in total. The van der Waals surface area contributed by atoms with Gasteiger partial charge in [-0.05, 0) is 25.0 Å². The van der Waals surface area contributed by atoms with Gasteiger partial charge in [0.15, 0.2) is 17.5 Å². The average molecular weight is 284 g/mol. The fourth-order valence-corrected chi connectivity index (χ4v) is 2.13. The van der Waals surface area contributed by atoms with Crippen LogP contribution in [0.25, 0.3) is 11.5 Å². The summed E-state index contributed by atoms with van der Waals surface area (Å²) >= 11 is 0. The third-order valence-electron chi connectivity index (χ3n) is 3.22. The van der Waals surface area contributed by atoms with Crippen molar-refractivity contribution in [3.05, 3.63) is 35.5 Å². The van der Waals surface area contributed by atoms with Gasteiger partial charge in [-0.3, -0.25) is 0 Å². The maximum Gasteiger partial charge on any atom is 0.250 e. The van der Waals surface area contributed by atoms with E-state index < -0.39 is 17.5 Å². The highest BCUT2D eigenvalue weighted by Crippen LogP contribution is 2.29. The van der Waals surface area contributed by atoms with Gasteiger partial charge in [0, 0.05) is 6.61 Å². The molecule has 1 aliphatic heterocycles. The molecule has 0 amide bonds. The van der Waals surface area contributed by atoms with Crippen molar-refractivity contribution in [1.82, 2.24) is 10.2 Å². The SMILES string of the molecule is Fc1ccc(-c2nnc(C3CCCOC3)o2)c(F)c1F. The zero-order valence-corrected chi connectivity index (χ0v) is 10.4.